The van der Waals surface area contributed by atoms with Gasteiger partial charge in [0.15, 0.2) is 5.11 Å². The summed E-state index contributed by atoms with van der Waals surface area (Å²) in [6.45, 7) is 0. The zero-order valence-electron chi connectivity index (χ0n) is 12.2. The molecule has 0 unspecified atom stereocenters. The molecule has 0 bridgehead atoms. The number of carbonyl (C=O) groups is 2. The SMILES string of the molecule is NC(=O)c1ccc(NC(=S)NC(=O)/C=C/c2ccccc2)cc1. The Kier molecular flexibility index (Phi) is 5.60. The van der Waals surface area contributed by atoms with Crippen LogP contribution in [0.25, 0.3) is 6.08 Å². The normalized spacial score (nSPS) is 10.3. The number of anilines is 1. The topological polar surface area (TPSA) is 84.2 Å². The molecule has 0 spiro atoms. The lowest BCUT2D eigenvalue weighted by Crippen LogP contribution is -2.32. The molecule has 0 aliphatic heterocycles. The molecular formula is C17H15N3O2S. The molecule has 5 nitrogen and oxygen atoms in total. The molecule has 4 N–H and O–H groups in total. The first-order valence-corrected chi connectivity index (χ1v) is 7.20. The van der Waals surface area contributed by atoms with Crippen LogP contribution in [0.4, 0.5) is 5.69 Å². The molecule has 0 saturated heterocycles. The van der Waals surface area contributed by atoms with Crippen molar-refractivity contribution in [1.29, 1.82) is 0 Å². The molecule has 0 heterocycles. The minimum atomic E-state index is -0.501. The van der Waals surface area contributed by atoms with Gasteiger partial charge in [-0.1, -0.05) is 30.3 Å². The summed E-state index contributed by atoms with van der Waals surface area (Å²) in [5.41, 5.74) is 7.13. The van der Waals surface area contributed by atoms with Gasteiger partial charge in [0.1, 0.15) is 0 Å². The van der Waals surface area contributed by atoms with Crippen LogP contribution in [0.1, 0.15) is 15.9 Å². The van der Waals surface area contributed by atoms with Crippen LogP contribution in [-0.2, 0) is 4.79 Å². The van der Waals surface area contributed by atoms with E-state index in [0.29, 0.717) is 11.3 Å². The molecule has 2 aromatic carbocycles. The van der Waals surface area contributed by atoms with Crippen LogP contribution in [0, 0.1) is 0 Å². The van der Waals surface area contributed by atoms with Gasteiger partial charge in [0.2, 0.25) is 11.8 Å². The van der Waals surface area contributed by atoms with Crippen molar-refractivity contribution in [2.24, 2.45) is 5.73 Å². The van der Waals surface area contributed by atoms with Gasteiger partial charge >= 0.3 is 0 Å². The maximum Gasteiger partial charge on any atom is 0.250 e. The Morgan fingerprint density at radius 2 is 1.65 bits per heavy atom. The van der Waals surface area contributed by atoms with E-state index in [4.69, 9.17) is 18.0 Å². The Labute approximate surface area is 139 Å². The Balaban J connectivity index is 1.87. The fourth-order valence-corrected chi connectivity index (χ4v) is 1.99. The lowest BCUT2D eigenvalue weighted by Gasteiger charge is -2.08. The minimum Gasteiger partial charge on any atom is -0.366 e. The molecule has 0 fully saturated rings. The molecule has 116 valence electrons. The van der Waals surface area contributed by atoms with E-state index >= 15 is 0 Å². The molecule has 2 rings (SSSR count). The summed E-state index contributed by atoms with van der Waals surface area (Å²) in [5.74, 6) is -0.835. The Morgan fingerprint density at radius 1 is 1.00 bits per heavy atom. The van der Waals surface area contributed by atoms with Gasteiger partial charge in [0.25, 0.3) is 0 Å². The van der Waals surface area contributed by atoms with Crippen molar-refractivity contribution in [1.82, 2.24) is 5.32 Å². The third-order valence-electron chi connectivity index (χ3n) is 2.89. The number of thiocarbonyl (C=S) groups is 1. The molecule has 0 aromatic heterocycles. The summed E-state index contributed by atoms with van der Waals surface area (Å²) >= 11 is 5.06. The monoisotopic (exact) mass is 325 g/mol. The lowest BCUT2D eigenvalue weighted by molar-refractivity contribution is -0.115. The second-order valence-electron chi connectivity index (χ2n) is 4.63. The summed E-state index contributed by atoms with van der Waals surface area (Å²) < 4.78 is 0. The van der Waals surface area contributed by atoms with E-state index in [-0.39, 0.29) is 11.0 Å². The molecule has 0 aliphatic carbocycles. The van der Waals surface area contributed by atoms with Crippen molar-refractivity contribution < 1.29 is 9.59 Å². The summed E-state index contributed by atoms with van der Waals surface area (Å²) in [6.07, 6.45) is 3.10. The van der Waals surface area contributed by atoms with Crippen molar-refractivity contribution in [3.8, 4) is 0 Å². The fourth-order valence-electron chi connectivity index (χ4n) is 1.77. The van der Waals surface area contributed by atoms with Crippen LogP contribution in [0.15, 0.2) is 60.7 Å². The van der Waals surface area contributed by atoms with E-state index in [9.17, 15) is 9.59 Å². The van der Waals surface area contributed by atoms with Gasteiger partial charge in [-0.2, -0.15) is 0 Å². The molecular weight excluding hydrogens is 310 g/mol. The van der Waals surface area contributed by atoms with Crippen LogP contribution >= 0.6 is 12.2 Å². The highest BCUT2D eigenvalue weighted by molar-refractivity contribution is 7.80. The highest BCUT2D eigenvalue weighted by atomic mass is 32.1. The smallest absolute Gasteiger partial charge is 0.250 e. The van der Waals surface area contributed by atoms with Crippen LogP contribution in [0.5, 0.6) is 0 Å². The van der Waals surface area contributed by atoms with Crippen molar-refractivity contribution >= 4 is 40.9 Å². The van der Waals surface area contributed by atoms with E-state index in [1.54, 1.807) is 30.3 Å². The van der Waals surface area contributed by atoms with Gasteiger partial charge in [-0.15, -0.1) is 0 Å². The number of benzene rings is 2. The van der Waals surface area contributed by atoms with E-state index in [1.807, 2.05) is 30.3 Å². The van der Waals surface area contributed by atoms with Crippen molar-refractivity contribution in [2.45, 2.75) is 0 Å². The molecule has 2 aromatic rings. The van der Waals surface area contributed by atoms with Crippen molar-refractivity contribution in [2.75, 3.05) is 5.32 Å². The number of hydrogen-bond donors (Lipinski definition) is 3. The number of rotatable bonds is 4. The first-order chi connectivity index (χ1) is 11.0. The van der Waals surface area contributed by atoms with Gasteiger partial charge in [-0.3, -0.25) is 14.9 Å². The number of primary amides is 1. The summed E-state index contributed by atoms with van der Waals surface area (Å²) in [4.78, 5) is 22.8. The second-order valence-corrected chi connectivity index (χ2v) is 5.04. The van der Waals surface area contributed by atoms with Gasteiger partial charge in [0.05, 0.1) is 0 Å². The molecule has 6 heteroatoms. The van der Waals surface area contributed by atoms with E-state index in [1.165, 1.54) is 6.08 Å². The second kappa shape index (κ2) is 7.86. The molecule has 0 radical (unpaired) electrons. The average Bonchev–Trinajstić information content (AvgIpc) is 2.54. The Morgan fingerprint density at radius 3 is 2.26 bits per heavy atom. The maximum absolute atomic E-state index is 11.8. The molecule has 2 amide bonds. The number of amides is 2. The summed E-state index contributed by atoms with van der Waals surface area (Å²) in [5, 5.41) is 5.56. The molecule has 0 aliphatic rings. The highest BCUT2D eigenvalue weighted by Crippen LogP contribution is 2.09. The number of nitrogens with two attached hydrogens (primary N) is 1. The zero-order valence-corrected chi connectivity index (χ0v) is 13.0. The predicted molar refractivity (Wildman–Crippen MR) is 94.8 cm³/mol. The largest absolute Gasteiger partial charge is 0.366 e. The van der Waals surface area contributed by atoms with Gasteiger partial charge in [0, 0.05) is 17.3 Å². The first kappa shape index (κ1) is 16.4. The van der Waals surface area contributed by atoms with Crippen LogP contribution in [0.3, 0.4) is 0 Å². The quantitative estimate of drug-likeness (QED) is 0.595. The highest BCUT2D eigenvalue weighted by Gasteiger charge is 2.03. The number of hydrogen-bond acceptors (Lipinski definition) is 3. The molecule has 0 saturated carbocycles. The van der Waals surface area contributed by atoms with E-state index in [2.05, 4.69) is 10.6 Å². The Bertz CT molecular complexity index is 740. The number of nitrogens with one attached hydrogen (secondary N) is 2. The molecule has 23 heavy (non-hydrogen) atoms. The average molecular weight is 325 g/mol. The minimum absolute atomic E-state index is 0.166. The van der Waals surface area contributed by atoms with E-state index < -0.39 is 5.91 Å². The van der Waals surface area contributed by atoms with Crippen LogP contribution < -0.4 is 16.4 Å². The van der Waals surface area contributed by atoms with Gasteiger partial charge < -0.3 is 11.1 Å². The predicted octanol–water partition coefficient (Wildman–Crippen LogP) is 2.31. The lowest BCUT2D eigenvalue weighted by atomic mass is 10.2. The third kappa shape index (κ3) is 5.37. The van der Waals surface area contributed by atoms with Gasteiger partial charge in [-0.25, -0.2) is 0 Å². The van der Waals surface area contributed by atoms with Gasteiger partial charge in [-0.05, 0) is 48.1 Å². The number of carbonyl (C=O) groups excluding carboxylic acids is 2. The third-order valence-corrected chi connectivity index (χ3v) is 3.09. The van der Waals surface area contributed by atoms with E-state index in [0.717, 1.165) is 5.56 Å². The standard InChI is InChI=1S/C17H15N3O2S/c18-16(22)13-7-9-14(10-8-13)19-17(23)20-15(21)11-6-12-4-2-1-3-5-12/h1-11H,(H2,18,22)(H2,19,20,21,23)/b11-6+. The zero-order chi connectivity index (χ0) is 16.7. The summed E-state index contributed by atoms with van der Waals surface area (Å²) in [7, 11) is 0. The first-order valence-electron chi connectivity index (χ1n) is 6.79. The Hall–Kier alpha value is -2.99. The van der Waals surface area contributed by atoms with Crippen LogP contribution in [0.2, 0.25) is 0 Å². The van der Waals surface area contributed by atoms with Crippen LogP contribution in [-0.4, -0.2) is 16.9 Å². The fraction of sp³-hybridized carbons (Fsp3) is 0. The maximum atomic E-state index is 11.8. The van der Waals surface area contributed by atoms with Crippen molar-refractivity contribution in [3.05, 3.63) is 71.8 Å². The summed E-state index contributed by atoms with van der Waals surface area (Å²) in [6, 6.07) is 15.9. The molecule has 0 atom stereocenters. The van der Waals surface area contributed by atoms with Crippen molar-refractivity contribution in [3.63, 3.8) is 0 Å².